The molecule has 1 fully saturated rings. The highest BCUT2D eigenvalue weighted by molar-refractivity contribution is 9.10. The first-order valence-electron chi connectivity index (χ1n) is 5.99. The molecule has 6 nitrogen and oxygen atoms in total. The summed E-state index contributed by atoms with van der Waals surface area (Å²) in [6, 6.07) is 3.88. The van der Waals surface area contributed by atoms with Crippen molar-refractivity contribution in [1.82, 2.24) is 4.90 Å². The van der Waals surface area contributed by atoms with Crippen molar-refractivity contribution in [2.45, 2.75) is 18.6 Å². The lowest BCUT2D eigenvalue weighted by Crippen LogP contribution is -2.40. The van der Waals surface area contributed by atoms with Crippen molar-refractivity contribution < 1.29 is 24.5 Å². The van der Waals surface area contributed by atoms with Crippen LogP contribution in [0.3, 0.4) is 0 Å². The number of rotatable bonds is 3. The Morgan fingerprint density at radius 1 is 1.45 bits per heavy atom. The SMILES string of the molecule is COc1ccc(Br)c(C(=O)N2C[C@@H](O)C[C@H]2C(=O)O)c1. The maximum Gasteiger partial charge on any atom is 0.326 e. The van der Waals surface area contributed by atoms with E-state index in [2.05, 4.69) is 15.9 Å². The molecule has 2 atom stereocenters. The number of carbonyl (C=O) groups is 2. The zero-order valence-corrected chi connectivity index (χ0v) is 12.3. The van der Waals surface area contributed by atoms with Crippen LogP contribution in [0.15, 0.2) is 22.7 Å². The first kappa shape index (κ1) is 14.8. The standard InChI is InChI=1S/C13H14BrNO5/c1-20-8-2-3-10(14)9(5-8)12(17)15-6-7(16)4-11(15)13(18)19/h2-3,5,7,11,16H,4,6H2,1H3,(H,18,19)/t7-,11-/m0/s1. The van der Waals surface area contributed by atoms with E-state index in [-0.39, 0.29) is 13.0 Å². The maximum atomic E-state index is 12.5. The Labute approximate surface area is 124 Å². The molecule has 0 saturated carbocycles. The Morgan fingerprint density at radius 3 is 2.75 bits per heavy atom. The predicted octanol–water partition coefficient (Wildman–Crippen LogP) is 1.12. The molecule has 1 aliphatic rings. The highest BCUT2D eigenvalue weighted by atomic mass is 79.9. The van der Waals surface area contributed by atoms with Crippen LogP contribution in [0.5, 0.6) is 5.75 Å². The van der Waals surface area contributed by atoms with Crippen molar-refractivity contribution >= 4 is 27.8 Å². The van der Waals surface area contributed by atoms with Crippen molar-refractivity contribution in [3.63, 3.8) is 0 Å². The van der Waals surface area contributed by atoms with Crippen LogP contribution in [0, 0.1) is 0 Å². The van der Waals surface area contributed by atoms with Gasteiger partial charge in [0.2, 0.25) is 0 Å². The van der Waals surface area contributed by atoms with Gasteiger partial charge >= 0.3 is 5.97 Å². The molecule has 0 spiro atoms. The van der Waals surface area contributed by atoms with Crippen LogP contribution in [0.25, 0.3) is 0 Å². The highest BCUT2D eigenvalue weighted by Gasteiger charge is 2.39. The molecular formula is C13H14BrNO5. The predicted molar refractivity (Wildman–Crippen MR) is 73.8 cm³/mol. The summed E-state index contributed by atoms with van der Waals surface area (Å²) in [6.45, 7) is 0.0133. The van der Waals surface area contributed by atoms with Gasteiger partial charge in [0.25, 0.3) is 5.91 Å². The lowest BCUT2D eigenvalue weighted by Gasteiger charge is -2.22. The van der Waals surface area contributed by atoms with E-state index in [0.29, 0.717) is 15.8 Å². The normalized spacial score (nSPS) is 21.9. The van der Waals surface area contributed by atoms with Crippen LogP contribution >= 0.6 is 15.9 Å². The number of aliphatic hydroxyl groups excluding tert-OH is 1. The average molecular weight is 344 g/mol. The second kappa shape index (κ2) is 5.80. The second-order valence-electron chi connectivity index (χ2n) is 4.55. The van der Waals surface area contributed by atoms with Crippen molar-refractivity contribution in [3.05, 3.63) is 28.2 Å². The number of benzene rings is 1. The molecule has 1 saturated heterocycles. The van der Waals surface area contributed by atoms with Crippen LogP contribution in [0.2, 0.25) is 0 Å². The van der Waals surface area contributed by atoms with E-state index in [1.165, 1.54) is 18.1 Å². The third kappa shape index (κ3) is 2.78. The van der Waals surface area contributed by atoms with Crippen LogP contribution in [0.4, 0.5) is 0 Å². The number of carboxylic acids is 1. The van der Waals surface area contributed by atoms with E-state index in [9.17, 15) is 14.7 Å². The number of carbonyl (C=O) groups excluding carboxylic acids is 1. The average Bonchev–Trinajstić information content (AvgIpc) is 2.81. The molecule has 0 aromatic heterocycles. The number of aliphatic hydroxyl groups is 1. The summed E-state index contributed by atoms with van der Waals surface area (Å²) in [5.74, 6) is -1.06. The fraction of sp³-hybridized carbons (Fsp3) is 0.385. The molecular weight excluding hydrogens is 330 g/mol. The van der Waals surface area contributed by atoms with E-state index >= 15 is 0 Å². The van der Waals surface area contributed by atoms with Crippen LogP contribution in [0.1, 0.15) is 16.8 Å². The number of halogens is 1. The summed E-state index contributed by atoms with van der Waals surface area (Å²) in [7, 11) is 1.48. The zero-order chi connectivity index (χ0) is 14.9. The molecule has 2 rings (SSSR count). The van der Waals surface area contributed by atoms with Gasteiger partial charge in [0.1, 0.15) is 11.8 Å². The van der Waals surface area contributed by atoms with Gasteiger partial charge in [-0.3, -0.25) is 4.79 Å². The van der Waals surface area contributed by atoms with E-state index < -0.39 is 24.0 Å². The molecule has 1 aliphatic heterocycles. The Bertz CT molecular complexity index is 548. The van der Waals surface area contributed by atoms with Crippen molar-refractivity contribution in [2.75, 3.05) is 13.7 Å². The number of likely N-dealkylation sites (tertiary alicyclic amines) is 1. The number of carboxylic acid groups (broad SMARTS) is 1. The number of β-amino-alcohol motifs (C(OH)–C–C–N with tert-alkyl or cyclic N) is 1. The fourth-order valence-electron chi connectivity index (χ4n) is 2.22. The molecule has 1 aromatic rings. The monoisotopic (exact) mass is 343 g/mol. The van der Waals surface area contributed by atoms with Crippen molar-refractivity contribution in [3.8, 4) is 5.75 Å². The van der Waals surface area contributed by atoms with Gasteiger partial charge in [-0.15, -0.1) is 0 Å². The summed E-state index contributed by atoms with van der Waals surface area (Å²) < 4.78 is 5.61. The van der Waals surface area contributed by atoms with E-state index in [1.54, 1.807) is 12.1 Å². The molecule has 7 heteroatoms. The van der Waals surface area contributed by atoms with E-state index in [1.807, 2.05) is 0 Å². The zero-order valence-electron chi connectivity index (χ0n) is 10.7. The number of hydrogen-bond donors (Lipinski definition) is 2. The van der Waals surface area contributed by atoms with Gasteiger partial charge in [0, 0.05) is 17.4 Å². The maximum absolute atomic E-state index is 12.5. The first-order valence-corrected chi connectivity index (χ1v) is 6.78. The first-order chi connectivity index (χ1) is 9.43. The summed E-state index contributed by atoms with van der Waals surface area (Å²) >= 11 is 3.27. The van der Waals surface area contributed by atoms with Crippen molar-refractivity contribution in [2.24, 2.45) is 0 Å². The molecule has 1 aromatic carbocycles. The summed E-state index contributed by atoms with van der Waals surface area (Å²) in [5, 5.41) is 18.7. The van der Waals surface area contributed by atoms with Gasteiger partial charge in [0.15, 0.2) is 0 Å². The third-order valence-corrected chi connectivity index (χ3v) is 3.92. The minimum atomic E-state index is -1.12. The molecule has 20 heavy (non-hydrogen) atoms. The topological polar surface area (TPSA) is 87.1 Å². The minimum absolute atomic E-state index is 0.0133. The molecule has 0 aliphatic carbocycles. The highest BCUT2D eigenvalue weighted by Crippen LogP contribution is 2.27. The van der Waals surface area contributed by atoms with Crippen LogP contribution in [-0.2, 0) is 4.79 Å². The largest absolute Gasteiger partial charge is 0.497 e. The Hall–Kier alpha value is -1.60. The Balaban J connectivity index is 2.33. The van der Waals surface area contributed by atoms with Crippen molar-refractivity contribution in [1.29, 1.82) is 0 Å². The number of amides is 1. The van der Waals surface area contributed by atoms with Crippen LogP contribution in [-0.4, -0.2) is 52.8 Å². The van der Waals surface area contributed by atoms with Gasteiger partial charge in [0.05, 0.1) is 18.8 Å². The number of aliphatic carboxylic acids is 1. The van der Waals surface area contributed by atoms with Crippen LogP contribution < -0.4 is 4.74 Å². The lowest BCUT2D eigenvalue weighted by atomic mass is 10.1. The van der Waals surface area contributed by atoms with Gasteiger partial charge in [-0.05, 0) is 34.1 Å². The third-order valence-electron chi connectivity index (χ3n) is 3.23. The number of nitrogens with zero attached hydrogens (tertiary/aromatic N) is 1. The summed E-state index contributed by atoms with van der Waals surface area (Å²) in [5.41, 5.74) is 0.310. The van der Waals surface area contributed by atoms with Gasteiger partial charge in [-0.2, -0.15) is 0 Å². The molecule has 2 N–H and O–H groups in total. The molecule has 0 unspecified atom stereocenters. The van der Waals surface area contributed by atoms with E-state index in [4.69, 9.17) is 9.84 Å². The fourth-order valence-corrected chi connectivity index (χ4v) is 2.64. The lowest BCUT2D eigenvalue weighted by molar-refractivity contribution is -0.141. The number of methoxy groups -OCH3 is 1. The smallest absolute Gasteiger partial charge is 0.326 e. The van der Waals surface area contributed by atoms with Gasteiger partial charge < -0.3 is 19.8 Å². The molecule has 1 amide bonds. The summed E-state index contributed by atoms with van der Waals surface area (Å²) in [4.78, 5) is 24.8. The van der Waals surface area contributed by atoms with E-state index in [0.717, 1.165) is 0 Å². The van der Waals surface area contributed by atoms with Gasteiger partial charge in [-0.25, -0.2) is 4.79 Å². The quantitative estimate of drug-likeness (QED) is 0.858. The number of hydrogen-bond acceptors (Lipinski definition) is 4. The minimum Gasteiger partial charge on any atom is -0.497 e. The Morgan fingerprint density at radius 2 is 2.15 bits per heavy atom. The number of ether oxygens (including phenoxy) is 1. The molecule has 1 heterocycles. The molecule has 0 bridgehead atoms. The second-order valence-corrected chi connectivity index (χ2v) is 5.40. The Kier molecular flexibility index (Phi) is 4.29. The summed E-state index contributed by atoms with van der Waals surface area (Å²) in [6.07, 6.45) is -0.771. The van der Waals surface area contributed by atoms with Gasteiger partial charge in [-0.1, -0.05) is 0 Å². The molecule has 108 valence electrons. The molecule has 0 radical (unpaired) electrons.